The van der Waals surface area contributed by atoms with Crippen LogP contribution in [0.15, 0.2) is 18.3 Å². The Hall–Kier alpha value is -1.46. The monoisotopic (exact) mass is 238 g/mol. The minimum Gasteiger partial charge on any atom is -0.477 e. The largest absolute Gasteiger partial charge is 0.477 e. The molecular weight excluding hydrogens is 220 g/mol. The first-order valence-electron chi connectivity index (χ1n) is 5.58. The molecule has 0 aliphatic heterocycles. The Labute approximate surface area is 101 Å². The molecule has 17 heavy (non-hydrogen) atoms. The molecule has 5 nitrogen and oxygen atoms in total. The maximum Gasteiger partial charge on any atom is 0.354 e. The van der Waals surface area contributed by atoms with Crippen molar-refractivity contribution in [3.05, 3.63) is 29.6 Å². The molecule has 0 unspecified atom stereocenters. The maximum atomic E-state index is 11.0. The van der Waals surface area contributed by atoms with Crippen LogP contribution in [0.25, 0.3) is 0 Å². The summed E-state index contributed by atoms with van der Waals surface area (Å²) < 4.78 is 5.25. The molecule has 0 saturated heterocycles. The van der Waals surface area contributed by atoms with E-state index in [2.05, 4.69) is 4.98 Å². The molecule has 94 valence electrons. The van der Waals surface area contributed by atoms with Crippen LogP contribution < -0.4 is 0 Å². The molecule has 1 aromatic heterocycles. The van der Waals surface area contributed by atoms with Crippen LogP contribution in [0.3, 0.4) is 0 Å². The van der Waals surface area contributed by atoms with Gasteiger partial charge in [-0.15, -0.1) is 0 Å². The van der Waals surface area contributed by atoms with E-state index in [4.69, 9.17) is 9.84 Å². The first-order valence-corrected chi connectivity index (χ1v) is 5.58. The highest BCUT2D eigenvalue weighted by atomic mass is 16.5. The van der Waals surface area contributed by atoms with Gasteiger partial charge < -0.3 is 9.84 Å². The molecule has 0 saturated carbocycles. The summed E-state index contributed by atoms with van der Waals surface area (Å²) >= 11 is 0. The summed E-state index contributed by atoms with van der Waals surface area (Å²) in [4.78, 5) is 16.8. The highest BCUT2D eigenvalue weighted by Crippen LogP contribution is 2.08. The van der Waals surface area contributed by atoms with Crippen LogP contribution in [0.2, 0.25) is 0 Å². The number of ether oxygens (including phenoxy) is 1. The molecule has 0 aliphatic rings. The van der Waals surface area contributed by atoms with Crippen molar-refractivity contribution in [2.45, 2.75) is 13.5 Å². The van der Waals surface area contributed by atoms with E-state index in [1.807, 2.05) is 18.9 Å². The van der Waals surface area contributed by atoms with Crippen LogP contribution >= 0.6 is 0 Å². The van der Waals surface area contributed by atoms with Gasteiger partial charge >= 0.3 is 5.97 Å². The molecule has 0 amide bonds. The third kappa shape index (κ3) is 4.50. The van der Waals surface area contributed by atoms with Crippen molar-refractivity contribution in [1.82, 2.24) is 9.88 Å². The van der Waals surface area contributed by atoms with E-state index < -0.39 is 5.97 Å². The normalized spacial score (nSPS) is 10.8. The number of likely N-dealkylation sites (N-methyl/N-ethyl adjacent to an activating group) is 1. The summed E-state index contributed by atoms with van der Waals surface area (Å²) in [5.41, 5.74) is 0.842. The van der Waals surface area contributed by atoms with Crippen molar-refractivity contribution in [3.63, 3.8) is 0 Å². The number of hydrogen-bond donors (Lipinski definition) is 1. The molecule has 0 aliphatic carbocycles. The molecule has 5 heteroatoms. The summed E-state index contributed by atoms with van der Waals surface area (Å²) in [7, 11) is 1.93. The Morgan fingerprint density at radius 1 is 1.59 bits per heavy atom. The van der Waals surface area contributed by atoms with E-state index in [-0.39, 0.29) is 5.69 Å². The van der Waals surface area contributed by atoms with E-state index in [0.717, 1.165) is 12.1 Å². The van der Waals surface area contributed by atoms with Gasteiger partial charge in [0.2, 0.25) is 0 Å². The highest BCUT2D eigenvalue weighted by molar-refractivity contribution is 5.86. The fourth-order valence-electron chi connectivity index (χ4n) is 1.49. The van der Waals surface area contributed by atoms with Gasteiger partial charge in [0.25, 0.3) is 0 Å². The summed E-state index contributed by atoms with van der Waals surface area (Å²) in [5.74, 6) is -0.987. The molecule has 1 N–H and O–H groups in total. The number of carbonyl (C=O) groups is 1. The van der Waals surface area contributed by atoms with Crippen LogP contribution in [0.5, 0.6) is 0 Å². The van der Waals surface area contributed by atoms with Crippen molar-refractivity contribution in [3.8, 4) is 0 Å². The molecule has 0 aromatic carbocycles. The lowest BCUT2D eigenvalue weighted by atomic mass is 10.2. The maximum absolute atomic E-state index is 11.0. The van der Waals surface area contributed by atoms with E-state index in [1.54, 1.807) is 12.1 Å². The number of pyridine rings is 1. The van der Waals surface area contributed by atoms with Gasteiger partial charge in [-0.1, -0.05) is 6.07 Å². The van der Waals surface area contributed by atoms with Gasteiger partial charge in [-0.2, -0.15) is 0 Å². The van der Waals surface area contributed by atoms with Crippen molar-refractivity contribution < 1.29 is 14.6 Å². The van der Waals surface area contributed by atoms with Crippen LogP contribution in [0.4, 0.5) is 0 Å². The summed E-state index contributed by atoms with van der Waals surface area (Å²) in [6.45, 7) is 4.62. The fourth-order valence-corrected chi connectivity index (χ4v) is 1.49. The Morgan fingerprint density at radius 2 is 2.35 bits per heavy atom. The molecule has 0 radical (unpaired) electrons. The Bertz CT molecular complexity index is 369. The second-order valence-corrected chi connectivity index (χ2v) is 3.75. The van der Waals surface area contributed by atoms with Gasteiger partial charge in [-0.05, 0) is 25.6 Å². The van der Waals surface area contributed by atoms with Crippen LogP contribution in [-0.2, 0) is 11.3 Å². The zero-order valence-corrected chi connectivity index (χ0v) is 10.2. The van der Waals surface area contributed by atoms with Crippen molar-refractivity contribution in [1.29, 1.82) is 0 Å². The highest BCUT2D eigenvalue weighted by Gasteiger charge is 2.12. The SMILES string of the molecule is CCOCCN(C)Cc1cccnc1C(=O)O. The Kier molecular flexibility index (Phi) is 5.59. The summed E-state index contributed by atoms with van der Waals surface area (Å²) in [6.07, 6.45) is 1.49. The zero-order valence-electron chi connectivity index (χ0n) is 10.2. The van der Waals surface area contributed by atoms with E-state index in [0.29, 0.717) is 19.8 Å². The smallest absolute Gasteiger partial charge is 0.354 e. The molecule has 0 fully saturated rings. The average molecular weight is 238 g/mol. The van der Waals surface area contributed by atoms with Crippen molar-refractivity contribution in [2.24, 2.45) is 0 Å². The van der Waals surface area contributed by atoms with Gasteiger partial charge in [-0.25, -0.2) is 9.78 Å². The first-order chi connectivity index (χ1) is 8.15. The second-order valence-electron chi connectivity index (χ2n) is 3.75. The predicted octanol–water partition coefficient (Wildman–Crippen LogP) is 1.25. The lowest BCUT2D eigenvalue weighted by molar-refractivity contribution is 0.0687. The zero-order chi connectivity index (χ0) is 12.7. The molecular formula is C12H18N2O3. The fraction of sp³-hybridized carbons (Fsp3) is 0.500. The van der Waals surface area contributed by atoms with E-state index >= 15 is 0 Å². The number of hydrogen-bond acceptors (Lipinski definition) is 4. The van der Waals surface area contributed by atoms with Crippen LogP contribution in [0, 0.1) is 0 Å². The van der Waals surface area contributed by atoms with Crippen molar-refractivity contribution in [2.75, 3.05) is 26.8 Å². The molecule has 0 bridgehead atoms. The predicted molar refractivity (Wildman–Crippen MR) is 64.0 cm³/mol. The van der Waals surface area contributed by atoms with Gasteiger partial charge in [0, 0.05) is 25.9 Å². The Balaban J connectivity index is 2.58. The Morgan fingerprint density at radius 3 is 3.00 bits per heavy atom. The summed E-state index contributed by atoms with van der Waals surface area (Å²) in [5, 5.41) is 8.99. The lowest BCUT2D eigenvalue weighted by Crippen LogP contribution is -2.24. The van der Waals surface area contributed by atoms with Crippen LogP contribution in [0.1, 0.15) is 23.0 Å². The lowest BCUT2D eigenvalue weighted by Gasteiger charge is -2.17. The quantitative estimate of drug-likeness (QED) is 0.724. The molecule has 1 heterocycles. The number of carboxylic acids is 1. The van der Waals surface area contributed by atoms with E-state index in [9.17, 15) is 4.79 Å². The molecule has 0 atom stereocenters. The third-order valence-electron chi connectivity index (χ3n) is 2.36. The van der Waals surface area contributed by atoms with Gasteiger partial charge in [-0.3, -0.25) is 4.90 Å². The standard InChI is InChI=1S/C12H18N2O3/c1-3-17-8-7-14(2)9-10-5-4-6-13-11(10)12(15)16/h4-6H,3,7-9H2,1-2H3,(H,15,16). The summed E-state index contributed by atoms with van der Waals surface area (Å²) in [6, 6.07) is 3.53. The van der Waals surface area contributed by atoms with Gasteiger partial charge in [0.05, 0.1) is 6.61 Å². The molecule has 1 rings (SSSR count). The minimum atomic E-state index is -0.987. The third-order valence-corrected chi connectivity index (χ3v) is 2.36. The number of aromatic nitrogens is 1. The number of nitrogens with zero attached hydrogens (tertiary/aromatic N) is 2. The number of aromatic carboxylic acids is 1. The molecule has 1 aromatic rings. The first kappa shape index (κ1) is 13.6. The second kappa shape index (κ2) is 6.98. The van der Waals surface area contributed by atoms with E-state index in [1.165, 1.54) is 6.20 Å². The topological polar surface area (TPSA) is 62.7 Å². The number of rotatable bonds is 7. The minimum absolute atomic E-state index is 0.121. The van der Waals surface area contributed by atoms with Crippen molar-refractivity contribution >= 4 is 5.97 Å². The van der Waals surface area contributed by atoms with Gasteiger partial charge in [0.1, 0.15) is 0 Å². The number of carboxylic acid groups (broad SMARTS) is 1. The van der Waals surface area contributed by atoms with Crippen LogP contribution in [-0.4, -0.2) is 47.8 Å². The molecule has 0 spiro atoms. The average Bonchev–Trinajstić information content (AvgIpc) is 2.29. The van der Waals surface area contributed by atoms with Gasteiger partial charge in [0.15, 0.2) is 5.69 Å².